The minimum Gasteiger partial charge on any atom is -0.462 e. The van der Waals surface area contributed by atoms with E-state index in [1.807, 2.05) is 6.07 Å². The first kappa shape index (κ1) is 17.0. The van der Waals surface area contributed by atoms with Crippen molar-refractivity contribution in [2.24, 2.45) is 0 Å². The van der Waals surface area contributed by atoms with Crippen LogP contribution in [0.4, 0.5) is 11.4 Å². The molecule has 1 aromatic carbocycles. The number of nitrogens with one attached hydrogen (secondary N) is 1. The summed E-state index contributed by atoms with van der Waals surface area (Å²) in [5.41, 5.74) is 1.75. The first-order valence-electron chi connectivity index (χ1n) is 8.17. The lowest BCUT2D eigenvalue weighted by atomic mass is 10.1. The molecule has 2 heterocycles. The van der Waals surface area contributed by atoms with E-state index in [0.29, 0.717) is 37.6 Å². The van der Waals surface area contributed by atoms with Crippen LogP contribution in [0, 0.1) is 0 Å². The molecule has 0 unspecified atom stereocenters. The van der Waals surface area contributed by atoms with Crippen molar-refractivity contribution in [3.63, 3.8) is 0 Å². The number of hydrogen-bond acceptors (Lipinski definition) is 6. The molecule has 1 N–H and O–H groups in total. The van der Waals surface area contributed by atoms with Crippen LogP contribution in [0.3, 0.4) is 0 Å². The van der Waals surface area contributed by atoms with Gasteiger partial charge in [0.15, 0.2) is 5.76 Å². The maximum Gasteiger partial charge on any atom is 0.338 e. The van der Waals surface area contributed by atoms with Crippen LogP contribution in [0.25, 0.3) is 0 Å². The van der Waals surface area contributed by atoms with Gasteiger partial charge in [0.05, 0.1) is 43.0 Å². The van der Waals surface area contributed by atoms with E-state index in [9.17, 15) is 9.59 Å². The molecule has 1 fully saturated rings. The maximum atomic E-state index is 12.4. The van der Waals surface area contributed by atoms with Crippen molar-refractivity contribution in [3.8, 4) is 0 Å². The second kappa shape index (κ2) is 7.85. The van der Waals surface area contributed by atoms with Gasteiger partial charge in [0.25, 0.3) is 5.91 Å². The van der Waals surface area contributed by atoms with Gasteiger partial charge in [-0.05, 0) is 37.3 Å². The molecular formula is C18H20N2O5. The quantitative estimate of drug-likeness (QED) is 0.840. The summed E-state index contributed by atoms with van der Waals surface area (Å²) in [6.07, 6.45) is 1.44. The van der Waals surface area contributed by atoms with Crippen molar-refractivity contribution in [2.75, 3.05) is 43.1 Å². The number of anilines is 2. The minimum absolute atomic E-state index is 0.203. The lowest BCUT2D eigenvalue weighted by Gasteiger charge is -2.30. The summed E-state index contributed by atoms with van der Waals surface area (Å²) in [7, 11) is 0. The fourth-order valence-electron chi connectivity index (χ4n) is 2.65. The molecule has 7 nitrogen and oxygen atoms in total. The number of benzene rings is 1. The molecule has 0 atom stereocenters. The van der Waals surface area contributed by atoms with Crippen LogP contribution in [0.1, 0.15) is 27.8 Å². The normalized spacial score (nSPS) is 14.2. The van der Waals surface area contributed by atoms with E-state index < -0.39 is 5.97 Å². The highest BCUT2D eigenvalue weighted by Crippen LogP contribution is 2.29. The zero-order valence-corrected chi connectivity index (χ0v) is 14.0. The first-order chi connectivity index (χ1) is 12.2. The van der Waals surface area contributed by atoms with Crippen LogP contribution in [0.15, 0.2) is 41.0 Å². The molecule has 0 spiro atoms. The molecule has 2 aromatic rings. The van der Waals surface area contributed by atoms with Crippen molar-refractivity contribution >= 4 is 23.3 Å². The minimum atomic E-state index is -0.426. The predicted octanol–water partition coefficient (Wildman–Crippen LogP) is 2.55. The van der Waals surface area contributed by atoms with Crippen molar-refractivity contribution in [1.29, 1.82) is 0 Å². The predicted molar refractivity (Wildman–Crippen MR) is 92.1 cm³/mol. The molecule has 0 radical (unpaired) electrons. The summed E-state index contributed by atoms with van der Waals surface area (Å²) in [5.74, 6) is -0.598. The first-order valence-corrected chi connectivity index (χ1v) is 8.17. The molecule has 3 rings (SSSR count). The number of morpholine rings is 1. The average molecular weight is 344 g/mol. The van der Waals surface area contributed by atoms with Crippen LogP contribution < -0.4 is 10.2 Å². The molecule has 25 heavy (non-hydrogen) atoms. The van der Waals surface area contributed by atoms with E-state index >= 15 is 0 Å². The molecule has 0 aliphatic carbocycles. The van der Waals surface area contributed by atoms with Gasteiger partial charge < -0.3 is 24.1 Å². The SMILES string of the molecule is CCOC(=O)c1ccc(N2CCOCC2)c(NC(=O)c2ccco2)c1. The highest BCUT2D eigenvalue weighted by Gasteiger charge is 2.19. The number of carbonyl (C=O) groups is 2. The average Bonchev–Trinajstić information content (AvgIpc) is 3.17. The zero-order valence-electron chi connectivity index (χ0n) is 14.0. The fourth-order valence-corrected chi connectivity index (χ4v) is 2.65. The third-order valence-corrected chi connectivity index (χ3v) is 3.85. The molecule has 0 bridgehead atoms. The van der Waals surface area contributed by atoms with Gasteiger partial charge in [-0.3, -0.25) is 4.79 Å². The number of furan rings is 1. The Hall–Kier alpha value is -2.80. The Kier molecular flexibility index (Phi) is 5.35. The summed E-state index contributed by atoms with van der Waals surface area (Å²) < 4.78 is 15.6. The second-order valence-corrected chi connectivity index (χ2v) is 5.48. The maximum absolute atomic E-state index is 12.4. The molecular weight excluding hydrogens is 324 g/mol. The molecule has 132 valence electrons. The molecule has 1 aliphatic heterocycles. The lowest BCUT2D eigenvalue weighted by Crippen LogP contribution is -2.36. The van der Waals surface area contributed by atoms with Crippen molar-refractivity contribution < 1.29 is 23.5 Å². The van der Waals surface area contributed by atoms with E-state index in [4.69, 9.17) is 13.9 Å². The molecule has 0 saturated carbocycles. The van der Waals surface area contributed by atoms with Crippen molar-refractivity contribution in [2.45, 2.75) is 6.92 Å². The third-order valence-electron chi connectivity index (χ3n) is 3.85. The summed E-state index contributed by atoms with van der Waals surface area (Å²) in [6, 6.07) is 8.37. The molecule has 1 aromatic heterocycles. The Bertz CT molecular complexity index is 736. The summed E-state index contributed by atoms with van der Waals surface area (Å²) in [6.45, 7) is 4.69. The summed E-state index contributed by atoms with van der Waals surface area (Å²) in [5, 5.41) is 2.82. The number of carbonyl (C=O) groups excluding carboxylic acids is 2. The topological polar surface area (TPSA) is 81.0 Å². The lowest BCUT2D eigenvalue weighted by molar-refractivity contribution is 0.0526. The Morgan fingerprint density at radius 1 is 1.24 bits per heavy atom. The molecule has 7 heteroatoms. The Labute approximate surface area is 145 Å². The van der Waals surface area contributed by atoms with Gasteiger partial charge in [-0.1, -0.05) is 0 Å². The smallest absolute Gasteiger partial charge is 0.338 e. The second-order valence-electron chi connectivity index (χ2n) is 5.48. The Morgan fingerprint density at radius 2 is 2.04 bits per heavy atom. The van der Waals surface area contributed by atoms with Crippen molar-refractivity contribution in [1.82, 2.24) is 0 Å². The van der Waals surface area contributed by atoms with Gasteiger partial charge in [-0.15, -0.1) is 0 Å². The standard InChI is InChI=1S/C18H20N2O5/c1-2-24-18(22)13-5-6-15(20-7-10-23-11-8-20)14(12-13)19-17(21)16-4-3-9-25-16/h3-6,9,12H,2,7-8,10-11H2,1H3,(H,19,21). The number of ether oxygens (including phenoxy) is 2. The molecule has 1 aliphatic rings. The number of esters is 1. The Morgan fingerprint density at radius 3 is 2.72 bits per heavy atom. The van der Waals surface area contributed by atoms with Gasteiger partial charge in [-0.2, -0.15) is 0 Å². The van der Waals surface area contributed by atoms with Gasteiger partial charge in [0.1, 0.15) is 0 Å². The number of hydrogen-bond donors (Lipinski definition) is 1. The van der Waals surface area contributed by atoms with Crippen LogP contribution >= 0.6 is 0 Å². The van der Waals surface area contributed by atoms with Crippen LogP contribution in [-0.2, 0) is 9.47 Å². The van der Waals surface area contributed by atoms with E-state index in [0.717, 1.165) is 5.69 Å². The monoisotopic (exact) mass is 344 g/mol. The fraction of sp³-hybridized carbons (Fsp3) is 0.333. The van der Waals surface area contributed by atoms with Crippen LogP contribution in [0.5, 0.6) is 0 Å². The van der Waals surface area contributed by atoms with E-state index in [1.54, 1.807) is 31.2 Å². The number of amides is 1. The van der Waals surface area contributed by atoms with Gasteiger partial charge in [-0.25, -0.2) is 4.79 Å². The van der Waals surface area contributed by atoms with Crippen molar-refractivity contribution in [3.05, 3.63) is 47.9 Å². The third kappa shape index (κ3) is 4.00. The van der Waals surface area contributed by atoms with Gasteiger partial charge in [0, 0.05) is 13.1 Å². The highest BCUT2D eigenvalue weighted by atomic mass is 16.5. The van der Waals surface area contributed by atoms with Gasteiger partial charge >= 0.3 is 5.97 Å². The summed E-state index contributed by atoms with van der Waals surface area (Å²) >= 11 is 0. The molecule has 1 saturated heterocycles. The molecule has 1 amide bonds. The van der Waals surface area contributed by atoms with E-state index in [-0.39, 0.29) is 18.3 Å². The van der Waals surface area contributed by atoms with E-state index in [1.165, 1.54) is 6.26 Å². The zero-order chi connectivity index (χ0) is 17.6. The summed E-state index contributed by atoms with van der Waals surface area (Å²) in [4.78, 5) is 26.5. The van der Waals surface area contributed by atoms with Crippen LogP contribution in [-0.4, -0.2) is 44.8 Å². The largest absolute Gasteiger partial charge is 0.462 e. The number of nitrogens with zero attached hydrogens (tertiary/aromatic N) is 1. The Balaban J connectivity index is 1.90. The van der Waals surface area contributed by atoms with Gasteiger partial charge in [0.2, 0.25) is 0 Å². The van der Waals surface area contributed by atoms with Crippen LogP contribution in [0.2, 0.25) is 0 Å². The number of rotatable bonds is 5. The van der Waals surface area contributed by atoms with E-state index in [2.05, 4.69) is 10.2 Å². The highest BCUT2D eigenvalue weighted by molar-refractivity contribution is 6.05.